The summed E-state index contributed by atoms with van der Waals surface area (Å²) in [5, 5.41) is 7.57. The number of methoxy groups -OCH3 is 2. The van der Waals surface area contributed by atoms with E-state index in [1.165, 1.54) is 37.3 Å². The van der Waals surface area contributed by atoms with Crippen LogP contribution in [0.3, 0.4) is 0 Å². The monoisotopic (exact) mass is 590 g/mol. The highest BCUT2D eigenvalue weighted by molar-refractivity contribution is 8.00. The molecule has 1 unspecified atom stereocenters. The third-order valence-corrected chi connectivity index (χ3v) is 8.01. The summed E-state index contributed by atoms with van der Waals surface area (Å²) in [5.74, 6) is -0.355. The molecule has 212 valence electrons. The van der Waals surface area contributed by atoms with Crippen LogP contribution in [-0.4, -0.2) is 43.9 Å². The molecule has 0 bridgehead atoms. The number of anilines is 2. The summed E-state index contributed by atoms with van der Waals surface area (Å²) >= 11 is 2.61. The van der Waals surface area contributed by atoms with Gasteiger partial charge in [-0.2, -0.15) is 0 Å². The van der Waals surface area contributed by atoms with E-state index in [1.807, 2.05) is 41.8 Å². The fraction of sp³-hybridized carbons (Fsp3) is 0.194. The molecule has 0 saturated heterocycles. The van der Waals surface area contributed by atoms with Gasteiger partial charge in [0.05, 0.1) is 26.1 Å². The second kappa shape index (κ2) is 13.9. The van der Waals surface area contributed by atoms with Gasteiger partial charge in [-0.05, 0) is 49.7 Å². The van der Waals surface area contributed by atoms with E-state index in [1.54, 1.807) is 50.2 Å². The summed E-state index contributed by atoms with van der Waals surface area (Å²) < 4.78 is 16.0. The van der Waals surface area contributed by atoms with E-state index < -0.39 is 11.2 Å². The second-order valence-electron chi connectivity index (χ2n) is 8.71. The maximum atomic E-state index is 13.2. The number of carbonyl (C=O) groups excluding carboxylic acids is 3. The van der Waals surface area contributed by atoms with Crippen molar-refractivity contribution in [3.8, 4) is 22.6 Å². The lowest BCUT2D eigenvalue weighted by atomic mass is 10.0. The first kappa shape index (κ1) is 29.7. The van der Waals surface area contributed by atoms with Crippen LogP contribution in [0.4, 0.5) is 10.7 Å². The molecule has 1 aromatic heterocycles. The number of hydrogen-bond donors (Lipinski definition) is 2. The molecule has 41 heavy (non-hydrogen) atoms. The number of esters is 1. The van der Waals surface area contributed by atoms with Crippen molar-refractivity contribution in [1.29, 1.82) is 0 Å². The van der Waals surface area contributed by atoms with E-state index in [0.29, 0.717) is 33.3 Å². The first-order valence-corrected chi connectivity index (χ1v) is 14.6. The van der Waals surface area contributed by atoms with Crippen LogP contribution >= 0.6 is 23.1 Å². The summed E-state index contributed by atoms with van der Waals surface area (Å²) in [6.45, 7) is 3.74. The van der Waals surface area contributed by atoms with Crippen molar-refractivity contribution in [2.45, 2.75) is 24.0 Å². The Morgan fingerprint density at radius 1 is 0.878 bits per heavy atom. The van der Waals surface area contributed by atoms with E-state index in [0.717, 1.165) is 10.5 Å². The normalized spacial score (nSPS) is 11.3. The zero-order chi connectivity index (χ0) is 29.4. The van der Waals surface area contributed by atoms with Gasteiger partial charge in [0.2, 0.25) is 5.91 Å². The van der Waals surface area contributed by atoms with Gasteiger partial charge >= 0.3 is 5.97 Å². The standard InChI is InChI=1S/C31H30N2O6S2/c1-5-39-31(36)26-23(20-11-7-6-8-12-20)18-40-30(26)33-28(34)19(2)41-22-14-9-13-21(17-22)32-29(35)27-24(37-3)15-10-16-25(27)38-4/h6-19H,5H2,1-4H3,(H,32,35)(H,33,34). The number of amides is 2. The summed E-state index contributed by atoms with van der Waals surface area (Å²) in [7, 11) is 2.98. The second-order valence-corrected chi connectivity index (χ2v) is 11.0. The summed E-state index contributed by atoms with van der Waals surface area (Å²) in [5.41, 5.74) is 2.74. The van der Waals surface area contributed by atoms with Gasteiger partial charge in [0.1, 0.15) is 27.6 Å². The number of nitrogens with one attached hydrogen (secondary N) is 2. The zero-order valence-corrected chi connectivity index (χ0v) is 24.7. The number of hydrogen-bond acceptors (Lipinski definition) is 8. The van der Waals surface area contributed by atoms with Crippen LogP contribution in [0.1, 0.15) is 34.6 Å². The van der Waals surface area contributed by atoms with Crippen molar-refractivity contribution in [3.05, 3.63) is 89.3 Å². The van der Waals surface area contributed by atoms with Crippen molar-refractivity contribution >= 4 is 51.6 Å². The maximum absolute atomic E-state index is 13.2. The highest BCUT2D eigenvalue weighted by Crippen LogP contribution is 2.37. The van der Waals surface area contributed by atoms with Crippen LogP contribution in [0, 0.1) is 0 Å². The van der Waals surface area contributed by atoms with Crippen LogP contribution in [0.15, 0.2) is 83.1 Å². The third-order valence-electron chi connectivity index (χ3n) is 6.02. The molecule has 1 heterocycles. The molecule has 1 atom stereocenters. The van der Waals surface area contributed by atoms with Gasteiger partial charge in [-0.15, -0.1) is 23.1 Å². The van der Waals surface area contributed by atoms with Crippen molar-refractivity contribution in [2.75, 3.05) is 31.5 Å². The van der Waals surface area contributed by atoms with Gasteiger partial charge < -0.3 is 24.8 Å². The first-order valence-electron chi connectivity index (χ1n) is 12.8. The Kier molecular flexibility index (Phi) is 10.0. The van der Waals surface area contributed by atoms with Crippen molar-refractivity contribution in [2.24, 2.45) is 0 Å². The van der Waals surface area contributed by atoms with E-state index in [4.69, 9.17) is 14.2 Å². The lowest BCUT2D eigenvalue weighted by Gasteiger charge is -2.15. The van der Waals surface area contributed by atoms with Crippen LogP contribution < -0.4 is 20.1 Å². The lowest BCUT2D eigenvalue weighted by molar-refractivity contribution is -0.115. The molecular formula is C31H30N2O6S2. The molecule has 8 nitrogen and oxygen atoms in total. The van der Waals surface area contributed by atoms with Gasteiger partial charge in [-0.25, -0.2) is 4.79 Å². The zero-order valence-electron chi connectivity index (χ0n) is 23.1. The van der Waals surface area contributed by atoms with Gasteiger partial charge in [0, 0.05) is 21.5 Å². The highest BCUT2D eigenvalue weighted by Gasteiger charge is 2.25. The van der Waals surface area contributed by atoms with Crippen LogP contribution in [0.2, 0.25) is 0 Å². The third kappa shape index (κ3) is 7.08. The smallest absolute Gasteiger partial charge is 0.341 e. The Balaban J connectivity index is 1.48. The molecule has 0 aliphatic rings. The Morgan fingerprint density at radius 3 is 2.22 bits per heavy atom. The average Bonchev–Trinajstić information content (AvgIpc) is 3.40. The largest absolute Gasteiger partial charge is 0.496 e. The Hall–Kier alpha value is -4.28. The molecular weight excluding hydrogens is 560 g/mol. The van der Waals surface area contributed by atoms with E-state index in [9.17, 15) is 14.4 Å². The molecule has 2 N–H and O–H groups in total. The van der Waals surface area contributed by atoms with Gasteiger partial charge in [-0.3, -0.25) is 9.59 Å². The molecule has 4 rings (SSSR count). The lowest BCUT2D eigenvalue weighted by Crippen LogP contribution is -2.23. The Morgan fingerprint density at radius 2 is 1.56 bits per heavy atom. The molecule has 0 radical (unpaired) electrons. The van der Waals surface area contributed by atoms with Crippen LogP contribution in [-0.2, 0) is 9.53 Å². The molecule has 3 aromatic carbocycles. The summed E-state index contributed by atoms with van der Waals surface area (Å²) in [6, 6.07) is 21.8. The fourth-order valence-electron chi connectivity index (χ4n) is 4.07. The number of benzene rings is 3. The molecule has 4 aromatic rings. The van der Waals surface area contributed by atoms with Crippen molar-refractivity contribution in [1.82, 2.24) is 0 Å². The van der Waals surface area contributed by atoms with E-state index >= 15 is 0 Å². The van der Waals surface area contributed by atoms with E-state index in [2.05, 4.69) is 10.6 Å². The van der Waals surface area contributed by atoms with E-state index in [-0.39, 0.29) is 24.0 Å². The quantitative estimate of drug-likeness (QED) is 0.143. The van der Waals surface area contributed by atoms with Crippen molar-refractivity contribution < 1.29 is 28.6 Å². The molecule has 0 fully saturated rings. The molecule has 10 heteroatoms. The topological polar surface area (TPSA) is 103 Å². The average molecular weight is 591 g/mol. The Bertz CT molecular complexity index is 1510. The SMILES string of the molecule is CCOC(=O)c1c(-c2ccccc2)csc1NC(=O)C(C)Sc1cccc(NC(=O)c2c(OC)cccc2OC)c1. The maximum Gasteiger partial charge on any atom is 0.341 e. The number of thiophene rings is 1. The van der Waals surface area contributed by atoms with Gasteiger partial charge in [-0.1, -0.05) is 42.5 Å². The highest BCUT2D eigenvalue weighted by atomic mass is 32.2. The Labute approximate surface area is 247 Å². The first-order chi connectivity index (χ1) is 19.9. The van der Waals surface area contributed by atoms with Crippen LogP contribution in [0.5, 0.6) is 11.5 Å². The number of ether oxygens (including phenoxy) is 3. The van der Waals surface area contributed by atoms with Gasteiger partial charge in [0.25, 0.3) is 5.91 Å². The van der Waals surface area contributed by atoms with Crippen molar-refractivity contribution in [3.63, 3.8) is 0 Å². The number of thioether (sulfide) groups is 1. The molecule has 2 amide bonds. The summed E-state index contributed by atoms with van der Waals surface area (Å²) in [6.07, 6.45) is 0. The molecule has 0 spiro atoms. The van der Waals surface area contributed by atoms with Gasteiger partial charge in [0.15, 0.2) is 0 Å². The minimum atomic E-state index is -0.507. The number of carbonyl (C=O) groups is 3. The fourth-order valence-corrected chi connectivity index (χ4v) is 5.96. The number of rotatable bonds is 11. The predicted molar refractivity (Wildman–Crippen MR) is 164 cm³/mol. The molecule has 0 saturated carbocycles. The predicted octanol–water partition coefficient (Wildman–Crippen LogP) is 6.98. The molecule has 0 aliphatic heterocycles. The minimum Gasteiger partial charge on any atom is -0.496 e. The summed E-state index contributed by atoms with van der Waals surface area (Å²) in [4.78, 5) is 39.9. The van der Waals surface area contributed by atoms with Crippen LogP contribution in [0.25, 0.3) is 11.1 Å². The minimum absolute atomic E-state index is 0.221. The molecule has 0 aliphatic carbocycles.